The number of H-pyrrole nitrogens is 1. The van der Waals surface area contributed by atoms with Crippen molar-refractivity contribution < 1.29 is 18.7 Å². The van der Waals surface area contributed by atoms with Gasteiger partial charge in [0.1, 0.15) is 17.7 Å². The number of carbonyl (C=O) groups excluding carboxylic acids is 1. The third kappa shape index (κ3) is 3.58. The van der Waals surface area contributed by atoms with Gasteiger partial charge in [-0.05, 0) is 37.8 Å². The zero-order chi connectivity index (χ0) is 17.9. The topological polar surface area (TPSA) is 76.2 Å². The molecule has 2 N–H and O–H groups in total. The summed E-state index contributed by atoms with van der Waals surface area (Å²) < 4.78 is 24.8. The third-order valence-corrected chi connectivity index (χ3v) is 4.96. The van der Waals surface area contributed by atoms with Crippen molar-refractivity contribution in [3.05, 3.63) is 47.0 Å². The number of aryl methyl sites for hydroxylation is 1. The number of amides is 1. The quantitative estimate of drug-likeness (QED) is 0.879. The van der Waals surface area contributed by atoms with E-state index in [-0.39, 0.29) is 23.9 Å². The van der Waals surface area contributed by atoms with Gasteiger partial charge >= 0.3 is 0 Å². The SMILES string of the molecule is O=C(NC1COCCC1Oc1cccc(F)c1)c1n[nH]c2c1CCCC2. The number of carbonyl (C=O) groups is 1. The van der Waals surface area contributed by atoms with Crippen LogP contribution in [0, 0.1) is 5.82 Å². The number of fused-ring (bicyclic) bond motifs is 1. The van der Waals surface area contributed by atoms with Gasteiger partial charge < -0.3 is 14.8 Å². The molecule has 1 fully saturated rings. The van der Waals surface area contributed by atoms with Crippen LogP contribution >= 0.6 is 0 Å². The fraction of sp³-hybridized carbons (Fsp3) is 0.474. The summed E-state index contributed by atoms with van der Waals surface area (Å²) >= 11 is 0. The molecule has 1 aliphatic carbocycles. The molecule has 26 heavy (non-hydrogen) atoms. The number of benzene rings is 1. The average molecular weight is 359 g/mol. The zero-order valence-corrected chi connectivity index (χ0v) is 14.5. The Hall–Kier alpha value is -2.41. The van der Waals surface area contributed by atoms with Gasteiger partial charge in [0.25, 0.3) is 5.91 Å². The van der Waals surface area contributed by atoms with Crippen LogP contribution in [-0.2, 0) is 17.6 Å². The fourth-order valence-corrected chi connectivity index (χ4v) is 3.61. The first-order valence-corrected chi connectivity index (χ1v) is 9.07. The Morgan fingerprint density at radius 3 is 3.12 bits per heavy atom. The van der Waals surface area contributed by atoms with Crippen LogP contribution in [0.3, 0.4) is 0 Å². The van der Waals surface area contributed by atoms with Crippen LogP contribution in [0.15, 0.2) is 24.3 Å². The maximum absolute atomic E-state index is 13.4. The van der Waals surface area contributed by atoms with Crippen LogP contribution in [0.1, 0.15) is 41.0 Å². The molecule has 2 aliphatic rings. The van der Waals surface area contributed by atoms with Crippen molar-refractivity contribution in [2.45, 2.75) is 44.2 Å². The molecule has 1 aromatic heterocycles. The van der Waals surface area contributed by atoms with Crippen molar-refractivity contribution in [2.75, 3.05) is 13.2 Å². The summed E-state index contributed by atoms with van der Waals surface area (Å²) in [7, 11) is 0. The molecule has 0 radical (unpaired) electrons. The summed E-state index contributed by atoms with van der Waals surface area (Å²) in [6.45, 7) is 0.905. The normalized spacial score (nSPS) is 22.5. The number of aromatic nitrogens is 2. The van der Waals surface area contributed by atoms with E-state index in [1.165, 1.54) is 12.1 Å². The lowest BCUT2D eigenvalue weighted by atomic mass is 9.95. The van der Waals surface area contributed by atoms with Crippen LogP contribution in [0.4, 0.5) is 4.39 Å². The van der Waals surface area contributed by atoms with Gasteiger partial charge in [0.05, 0.1) is 19.3 Å². The molecule has 0 saturated carbocycles. The number of nitrogens with zero attached hydrogens (tertiary/aromatic N) is 1. The van der Waals surface area contributed by atoms with Gasteiger partial charge in [-0.2, -0.15) is 5.10 Å². The molecule has 6 nitrogen and oxygen atoms in total. The standard InChI is InChI=1S/C19H22FN3O3/c20-12-4-3-5-13(10-12)26-17-8-9-25-11-16(17)21-19(24)18-14-6-1-2-7-15(14)22-23-18/h3-5,10,16-17H,1-2,6-9,11H2,(H,21,24)(H,22,23). The molecule has 2 atom stereocenters. The van der Waals surface area contributed by atoms with E-state index in [0.717, 1.165) is 36.9 Å². The summed E-state index contributed by atoms with van der Waals surface area (Å²) in [4.78, 5) is 12.7. The van der Waals surface area contributed by atoms with E-state index in [9.17, 15) is 9.18 Å². The Labute approximate surface area is 151 Å². The summed E-state index contributed by atoms with van der Waals surface area (Å²) in [6.07, 6.45) is 4.36. The first-order valence-electron chi connectivity index (χ1n) is 9.07. The van der Waals surface area contributed by atoms with Crippen molar-refractivity contribution >= 4 is 5.91 Å². The molecule has 1 aromatic carbocycles. The minimum Gasteiger partial charge on any atom is -0.488 e. The Bertz CT molecular complexity index is 792. The minimum atomic E-state index is -0.349. The highest BCUT2D eigenvalue weighted by molar-refractivity contribution is 5.94. The maximum atomic E-state index is 13.4. The largest absolute Gasteiger partial charge is 0.488 e. The van der Waals surface area contributed by atoms with E-state index < -0.39 is 0 Å². The molecule has 7 heteroatoms. The van der Waals surface area contributed by atoms with Gasteiger partial charge in [-0.1, -0.05) is 6.07 Å². The van der Waals surface area contributed by atoms with Gasteiger partial charge in [0, 0.05) is 23.7 Å². The van der Waals surface area contributed by atoms with Crippen molar-refractivity contribution in [3.8, 4) is 5.75 Å². The van der Waals surface area contributed by atoms with Crippen molar-refractivity contribution in [2.24, 2.45) is 0 Å². The Balaban J connectivity index is 1.46. The molecular formula is C19H22FN3O3. The second-order valence-corrected chi connectivity index (χ2v) is 6.79. The van der Waals surface area contributed by atoms with Gasteiger partial charge in [-0.15, -0.1) is 0 Å². The van der Waals surface area contributed by atoms with E-state index in [4.69, 9.17) is 9.47 Å². The summed E-state index contributed by atoms with van der Waals surface area (Å²) in [6, 6.07) is 5.72. The second-order valence-electron chi connectivity index (χ2n) is 6.79. The molecule has 0 spiro atoms. The molecule has 4 rings (SSSR count). The third-order valence-electron chi connectivity index (χ3n) is 4.96. The van der Waals surface area contributed by atoms with Crippen LogP contribution < -0.4 is 10.1 Å². The molecular weight excluding hydrogens is 337 g/mol. The van der Waals surface area contributed by atoms with Crippen LogP contribution in [-0.4, -0.2) is 41.5 Å². The molecule has 138 valence electrons. The molecule has 2 unspecified atom stereocenters. The molecule has 1 amide bonds. The average Bonchev–Trinajstić information content (AvgIpc) is 3.08. The lowest BCUT2D eigenvalue weighted by molar-refractivity contribution is -0.00305. The van der Waals surface area contributed by atoms with E-state index in [1.54, 1.807) is 12.1 Å². The van der Waals surface area contributed by atoms with Gasteiger partial charge in [-0.3, -0.25) is 9.89 Å². The van der Waals surface area contributed by atoms with E-state index in [0.29, 0.717) is 31.1 Å². The first kappa shape index (κ1) is 17.0. The zero-order valence-electron chi connectivity index (χ0n) is 14.5. The van der Waals surface area contributed by atoms with E-state index in [2.05, 4.69) is 15.5 Å². The minimum absolute atomic E-state index is 0.215. The van der Waals surface area contributed by atoms with E-state index in [1.807, 2.05) is 0 Å². The Morgan fingerprint density at radius 1 is 1.35 bits per heavy atom. The number of hydrogen-bond acceptors (Lipinski definition) is 4. The van der Waals surface area contributed by atoms with Gasteiger partial charge in [-0.25, -0.2) is 4.39 Å². The number of ether oxygens (including phenoxy) is 2. The predicted octanol–water partition coefficient (Wildman–Crippen LogP) is 2.39. The number of hydrogen-bond donors (Lipinski definition) is 2. The van der Waals surface area contributed by atoms with Gasteiger partial charge in [0.15, 0.2) is 5.69 Å². The number of rotatable bonds is 4. The van der Waals surface area contributed by atoms with Gasteiger partial charge in [0.2, 0.25) is 0 Å². The highest BCUT2D eigenvalue weighted by atomic mass is 19.1. The lowest BCUT2D eigenvalue weighted by Gasteiger charge is -2.32. The van der Waals surface area contributed by atoms with Crippen LogP contribution in [0.2, 0.25) is 0 Å². The highest BCUT2D eigenvalue weighted by Gasteiger charge is 2.31. The molecule has 1 aliphatic heterocycles. The van der Waals surface area contributed by atoms with Crippen molar-refractivity contribution in [1.29, 1.82) is 0 Å². The Kier molecular flexibility index (Phi) is 4.88. The molecule has 2 aromatic rings. The predicted molar refractivity (Wildman–Crippen MR) is 92.7 cm³/mol. The monoisotopic (exact) mass is 359 g/mol. The summed E-state index contributed by atoms with van der Waals surface area (Å²) in [5.41, 5.74) is 2.55. The van der Waals surface area contributed by atoms with Crippen LogP contribution in [0.25, 0.3) is 0 Å². The van der Waals surface area contributed by atoms with E-state index >= 15 is 0 Å². The first-order chi connectivity index (χ1) is 12.7. The summed E-state index contributed by atoms with van der Waals surface area (Å²) in [5, 5.41) is 10.2. The summed E-state index contributed by atoms with van der Waals surface area (Å²) in [5.74, 6) is -0.112. The number of halogens is 1. The highest BCUT2D eigenvalue weighted by Crippen LogP contribution is 2.23. The maximum Gasteiger partial charge on any atom is 0.272 e. The molecule has 1 saturated heterocycles. The van der Waals surface area contributed by atoms with Crippen LogP contribution in [0.5, 0.6) is 5.75 Å². The fourth-order valence-electron chi connectivity index (χ4n) is 3.61. The van der Waals surface area contributed by atoms with Crippen molar-refractivity contribution in [1.82, 2.24) is 15.5 Å². The Morgan fingerprint density at radius 2 is 2.23 bits per heavy atom. The smallest absolute Gasteiger partial charge is 0.272 e. The second kappa shape index (κ2) is 7.45. The molecule has 2 heterocycles. The molecule has 0 bridgehead atoms. The number of nitrogens with one attached hydrogen (secondary N) is 2. The number of aromatic amines is 1. The van der Waals surface area contributed by atoms with Crippen molar-refractivity contribution in [3.63, 3.8) is 0 Å². The lowest BCUT2D eigenvalue weighted by Crippen LogP contribution is -2.52.